The highest BCUT2D eigenvalue weighted by Crippen LogP contribution is 2.23. The van der Waals surface area contributed by atoms with Gasteiger partial charge in [-0.3, -0.25) is 0 Å². The zero-order valence-electron chi connectivity index (χ0n) is 17.7. The summed E-state index contributed by atoms with van der Waals surface area (Å²) >= 11 is 0. The Hall–Kier alpha value is -1.07. The summed E-state index contributed by atoms with van der Waals surface area (Å²) in [5.41, 5.74) is 4.60. The fraction of sp³-hybridized carbons (Fsp3) is 0.545. The van der Waals surface area contributed by atoms with Crippen LogP contribution >= 0.6 is 0 Å². The molecule has 0 saturated carbocycles. The van der Waals surface area contributed by atoms with E-state index in [-0.39, 0.29) is 0 Å². The van der Waals surface area contributed by atoms with E-state index in [4.69, 9.17) is 0 Å². The first-order valence-corrected chi connectivity index (χ1v) is 17.0. The summed E-state index contributed by atoms with van der Waals surface area (Å²) in [6.45, 7) is 19.9. The van der Waals surface area contributed by atoms with E-state index in [2.05, 4.69) is 88.0 Å². The van der Waals surface area contributed by atoms with Gasteiger partial charge in [0.1, 0.15) is 0 Å². The molecule has 0 spiro atoms. The molecule has 3 heteroatoms. The molecule has 0 unspecified atom stereocenters. The van der Waals surface area contributed by atoms with Gasteiger partial charge in [-0.05, 0) is 35.3 Å². The first-order valence-electron chi connectivity index (χ1n) is 9.95. The summed E-state index contributed by atoms with van der Waals surface area (Å²) in [5.74, 6) is 0. The van der Waals surface area contributed by atoms with Gasteiger partial charge in [0.05, 0.1) is 16.1 Å². The van der Waals surface area contributed by atoms with E-state index in [1.54, 1.807) is 21.8 Å². The van der Waals surface area contributed by atoms with Gasteiger partial charge in [-0.15, -0.1) is 0 Å². The first-order chi connectivity index (χ1) is 11.6. The van der Waals surface area contributed by atoms with Crippen molar-refractivity contribution >= 4 is 26.5 Å². The van der Waals surface area contributed by atoms with Crippen LogP contribution in [0.3, 0.4) is 0 Å². The lowest BCUT2D eigenvalue weighted by Gasteiger charge is -2.27. The minimum atomic E-state index is -1.43. The van der Waals surface area contributed by atoms with Crippen LogP contribution in [-0.2, 0) is 12.8 Å². The maximum Gasteiger partial charge on any atom is 0.0798 e. The first kappa shape index (κ1) is 20.2. The Balaban J connectivity index is 2.96. The molecule has 0 N–H and O–H groups in total. The molecular formula is C22H37NSi2. The highest BCUT2D eigenvalue weighted by atomic mass is 28.3. The Morgan fingerprint density at radius 1 is 0.680 bits per heavy atom. The van der Waals surface area contributed by atoms with Crippen LogP contribution in [0.5, 0.6) is 0 Å². The van der Waals surface area contributed by atoms with Gasteiger partial charge in [-0.1, -0.05) is 84.2 Å². The highest BCUT2D eigenvalue weighted by Gasteiger charge is 2.36. The lowest BCUT2D eigenvalue weighted by molar-refractivity contribution is 0.791. The van der Waals surface area contributed by atoms with Crippen molar-refractivity contribution in [1.29, 1.82) is 0 Å². The minimum Gasteiger partial charge on any atom is -0.318 e. The summed E-state index contributed by atoms with van der Waals surface area (Å²) < 4.78 is 2.66. The number of para-hydroxylation sites is 1. The van der Waals surface area contributed by atoms with E-state index in [0.717, 1.165) is 0 Å². The van der Waals surface area contributed by atoms with Crippen molar-refractivity contribution in [3.8, 4) is 5.69 Å². The molecule has 0 fully saturated rings. The molecule has 0 saturated heterocycles. The fourth-order valence-electron chi connectivity index (χ4n) is 4.13. The van der Waals surface area contributed by atoms with Gasteiger partial charge in [0.25, 0.3) is 0 Å². The van der Waals surface area contributed by atoms with Crippen LogP contribution in [0.2, 0.25) is 39.3 Å². The molecule has 25 heavy (non-hydrogen) atoms. The molecule has 0 radical (unpaired) electrons. The molecule has 1 aromatic heterocycles. The molecular weight excluding hydrogens is 334 g/mol. The number of rotatable bonds is 7. The second-order valence-corrected chi connectivity index (χ2v) is 19.3. The van der Waals surface area contributed by atoms with E-state index < -0.39 is 16.1 Å². The SMILES string of the molecule is CCCc1c([Si](C)(C)C)c([Si](C)(C)C)c(CCC)n1-c1ccccc1. The lowest BCUT2D eigenvalue weighted by Crippen LogP contribution is -2.56. The molecule has 0 aliphatic carbocycles. The molecule has 0 aliphatic rings. The third-order valence-electron chi connectivity index (χ3n) is 4.85. The van der Waals surface area contributed by atoms with Crippen molar-refractivity contribution in [2.24, 2.45) is 0 Å². The van der Waals surface area contributed by atoms with Gasteiger partial charge in [0.2, 0.25) is 0 Å². The monoisotopic (exact) mass is 371 g/mol. The molecule has 1 aromatic carbocycles. The van der Waals surface area contributed by atoms with Gasteiger partial charge < -0.3 is 4.57 Å². The molecule has 1 heterocycles. The van der Waals surface area contributed by atoms with Crippen molar-refractivity contribution in [3.05, 3.63) is 41.7 Å². The molecule has 0 bridgehead atoms. The number of nitrogens with zero attached hydrogens (tertiary/aromatic N) is 1. The predicted molar refractivity (Wildman–Crippen MR) is 120 cm³/mol. The van der Waals surface area contributed by atoms with Crippen LogP contribution in [0.4, 0.5) is 0 Å². The second kappa shape index (κ2) is 7.67. The van der Waals surface area contributed by atoms with E-state index in [9.17, 15) is 0 Å². The zero-order chi connectivity index (χ0) is 18.8. The standard InChI is InChI=1S/C22H37NSi2/c1-9-14-19-21(24(3,4)5)22(25(6,7)8)20(15-10-2)23(19)18-16-12-11-13-17-18/h11-13,16-17H,9-10,14-15H2,1-8H3. The van der Waals surface area contributed by atoms with Crippen LogP contribution in [0.25, 0.3) is 5.69 Å². The van der Waals surface area contributed by atoms with Crippen LogP contribution in [0, 0.1) is 0 Å². The molecule has 0 amide bonds. The van der Waals surface area contributed by atoms with Crippen LogP contribution in [0.1, 0.15) is 38.1 Å². The summed E-state index contributed by atoms with van der Waals surface area (Å²) in [4.78, 5) is 0. The third kappa shape index (κ3) is 4.20. The summed E-state index contributed by atoms with van der Waals surface area (Å²) in [6, 6.07) is 11.1. The van der Waals surface area contributed by atoms with Crippen LogP contribution in [0.15, 0.2) is 30.3 Å². The zero-order valence-corrected chi connectivity index (χ0v) is 19.7. The lowest BCUT2D eigenvalue weighted by atomic mass is 10.2. The highest BCUT2D eigenvalue weighted by molar-refractivity contribution is 6.99. The fourth-order valence-corrected chi connectivity index (χ4v) is 10.4. The van der Waals surface area contributed by atoms with Crippen LogP contribution < -0.4 is 10.4 Å². The van der Waals surface area contributed by atoms with Crippen molar-refractivity contribution in [1.82, 2.24) is 4.57 Å². The molecule has 0 atom stereocenters. The van der Waals surface area contributed by atoms with Crippen molar-refractivity contribution in [2.45, 2.75) is 78.8 Å². The Kier molecular flexibility index (Phi) is 6.21. The van der Waals surface area contributed by atoms with E-state index >= 15 is 0 Å². The van der Waals surface area contributed by atoms with Gasteiger partial charge in [0.15, 0.2) is 0 Å². The van der Waals surface area contributed by atoms with E-state index in [1.165, 1.54) is 31.4 Å². The number of hydrogen-bond donors (Lipinski definition) is 0. The Bertz CT molecular complexity index is 659. The molecule has 2 aromatic rings. The summed E-state index contributed by atoms with van der Waals surface area (Å²) in [7, 11) is -2.86. The topological polar surface area (TPSA) is 4.93 Å². The Morgan fingerprint density at radius 2 is 1.08 bits per heavy atom. The molecule has 2 rings (SSSR count). The maximum atomic E-state index is 2.66. The minimum absolute atomic E-state index is 1.19. The Morgan fingerprint density at radius 3 is 1.40 bits per heavy atom. The Labute approximate surface area is 157 Å². The van der Waals surface area contributed by atoms with Gasteiger partial charge in [-0.25, -0.2) is 0 Å². The van der Waals surface area contributed by atoms with Crippen molar-refractivity contribution in [3.63, 3.8) is 0 Å². The predicted octanol–water partition coefficient (Wildman–Crippen LogP) is 5.47. The van der Waals surface area contributed by atoms with Gasteiger partial charge >= 0.3 is 0 Å². The number of benzene rings is 1. The largest absolute Gasteiger partial charge is 0.318 e. The summed E-state index contributed by atoms with van der Waals surface area (Å²) in [6.07, 6.45) is 4.81. The maximum absolute atomic E-state index is 2.66. The quantitative estimate of drug-likeness (QED) is 0.568. The average molecular weight is 372 g/mol. The second-order valence-electron chi connectivity index (χ2n) is 9.31. The van der Waals surface area contributed by atoms with Crippen molar-refractivity contribution < 1.29 is 0 Å². The molecule has 1 nitrogen and oxygen atoms in total. The van der Waals surface area contributed by atoms with Crippen molar-refractivity contribution in [2.75, 3.05) is 0 Å². The third-order valence-corrected chi connectivity index (χ3v) is 9.18. The van der Waals surface area contributed by atoms with E-state index in [0.29, 0.717) is 0 Å². The molecule has 0 aliphatic heterocycles. The summed E-state index contributed by atoms with van der Waals surface area (Å²) in [5, 5.41) is 3.56. The van der Waals surface area contributed by atoms with E-state index in [1.807, 2.05) is 0 Å². The van der Waals surface area contributed by atoms with Crippen LogP contribution in [-0.4, -0.2) is 20.7 Å². The number of hydrogen-bond acceptors (Lipinski definition) is 0. The van der Waals surface area contributed by atoms with Gasteiger partial charge in [0, 0.05) is 17.1 Å². The smallest absolute Gasteiger partial charge is 0.0798 e. The van der Waals surface area contributed by atoms with Gasteiger partial charge in [-0.2, -0.15) is 0 Å². The normalized spacial score (nSPS) is 12.6. The molecule has 138 valence electrons. The number of aromatic nitrogens is 1. The average Bonchev–Trinajstić information content (AvgIpc) is 2.83.